The van der Waals surface area contributed by atoms with E-state index in [4.69, 9.17) is 0 Å². The summed E-state index contributed by atoms with van der Waals surface area (Å²) in [5.41, 5.74) is 0. The SMILES string of the molecule is CCCC(CBr)CN1CCC(N(CC)CC)C1. The molecule has 0 radical (unpaired) electrons. The lowest BCUT2D eigenvalue weighted by Crippen LogP contribution is -2.38. The van der Waals surface area contributed by atoms with Crippen molar-refractivity contribution in [1.82, 2.24) is 9.80 Å². The number of rotatable bonds is 8. The van der Waals surface area contributed by atoms with E-state index in [0.29, 0.717) is 0 Å². The Hall–Kier alpha value is 0.400. The summed E-state index contributed by atoms with van der Waals surface area (Å²) in [6.07, 6.45) is 4.03. The summed E-state index contributed by atoms with van der Waals surface area (Å²) < 4.78 is 0. The molecule has 0 aromatic carbocycles. The molecule has 2 unspecified atom stereocenters. The van der Waals surface area contributed by atoms with E-state index in [1.807, 2.05) is 0 Å². The smallest absolute Gasteiger partial charge is 0.0235 e. The number of hydrogen-bond acceptors (Lipinski definition) is 2. The topological polar surface area (TPSA) is 6.48 Å². The largest absolute Gasteiger partial charge is 0.301 e. The van der Waals surface area contributed by atoms with Gasteiger partial charge in [0.05, 0.1) is 0 Å². The number of alkyl halides is 1. The van der Waals surface area contributed by atoms with Crippen LogP contribution in [0.5, 0.6) is 0 Å². The molecule has 0 aliphatic carbocycles. The average Bonchev–Trinajstić information content (AvgIpc) is 2.79. The van der Waals surface area contributed by atoms with Crippen molar-refractivity contribution in [2.24, 2.45) is 5.92 Å². The second kappa shape index (κ2) is 8.49. The van der Waals surface area contributed by atoms with Gasteiger partial charge in [0.15, 0.2) is 0 Å². The summed E-state index contributed by atoms with van der Waals surface area (Å²) in [5, 5.41) is 1.16. The average molecular weight is 305 g/mol. The second-order valence-corrected chi connectivity index (χ2v) is 5.88. The van der Waals surface area contributed by atoms with Crippen LogP contribution in [0.3, 0.4) is 0 Å². The highest BCUT2D eigenvalue weighted by Crippen LogP contribution is 2.19. The highest BCUT2D eigenvalue weighted by Gasteiger charge is 2.27. The Morgan fingerprint density at radius 1 is 1.29 bits per heavy atom. The fourth-order valence-corrected chi connectivity index (χ4v) is 3.54. The summed E-state index contributed by atoms with van der Waals surface area (Å²) in [4.78, 5) is 5.29. The monoisotopic (exact) mass is 304 g/mol. The Labute approximate surface area is 116 Å². The minimum Gasteiger partial charge on any atom is -0.301 e. The van der Waals surface area contributed by atoms with Crippen molar-refractivity contribution in [2.45, 2.75) is 46.1 Å². The zero-order valence-corrected chi connectivity index (χ0v) is 13.4. The third-order valence-corrected chi connectivity index (χ3v) is 4.92. The predicted molar refractivity (Wildman–Crippen MR) is 80.0 cm³/mol. The number of nitrogens with zero attached hydrogens (tertiary/aromatic N) is 2. The van der Waals surface area contributed by atoms with Gasteiger partial charge in [-0.05, 0) is 38.4 Å². The van der Waals surface area contributed by atoms with Crippen LogP contribution in [0.15, 0.2) is 0 Å². The van der Waals surface area contributed by atoms with Crippen molar-refractivity contribution in [1.29, 1.82) is 0 Å². The zero-order chi connectivity index (χ0) is 12.7. The molecule has 1 fully saturated rings. The predicted octanol–water partition coefficient (Wildman–Crippen LogP) is 3.21. The van der Waals surface area contributed by atoms with E-state index in [-0.39, 0.29) is 0 Å². The standard InChI is InChI=1S/C14H29BrN2/c1-4-7-13(10-15)11-16-9-8-14(12-16)17(5-2)6-3/h13-14H,4-12H2,1-3H3. The number of hydrogen-bond donors (Lipinski definition) is 0. The van der Waals surface area contributed by atoms with Crippen LogP contribution < -0.4 is 0 Å². The van der Waals surface area contributed by atoms with Crippen LogP contribution in [0.25, 0.3) is 0 Å². The number of likely N-dealkylation sites (N-methyl/N-ethyl adjacent to an activating group) is 1. The first kappa shape index (κ1) is 15.5. The lowest BCUT2D eigenvalue weighted by Gasteiger charge is -2.27. The molecule has 0 spiro atoms. The Bertz CT molecular complexity index is 195. The minimum atomic E-state index is 0.808. The van der Waals surface area contributed by atoms with Crippen LogP contribution in [-0.2, 0) is 0 Å². The lowest BCUT2D eigenvalue weighted by atomic mass is 10.1. The van der Waals surface area contributed by atoms with Crippen molar-refractivity contribution in [3.63, 3.8) is 0 Å². The van der Waals surface area contributed by atoms with E-state index in [1.54, 1.807) is 0 Å². The quantitative estimate of drug-likeness (QED) is 0.635. The Kier molecular flexibility index (Phi) is 7.72. The highest BCUT2D eigenvalue weighted by atomic mass is 79.9. The molecular weight excluding hydrogens is 276 g/mol. The van der Waals surface area contributed by atoms with Crippen LogP contribution in [-0.4, -0.2) is 53.9 Å². The summed E-state index contributed by atoms with van der Waals surface area (Å²) in [5.74, 6) is 0.843. The first-order valence-corrected chi connectivity index (χ1v) is 8.39. The highest BCUT2D eigenvalue weighted by molar-refractivity contribution is 9.09. The maximum atomic E-state index is 3.66. The molecule has 0 aromatic heterocycles. The van der Waals surface area contributed by atoms with E-state index >= 15 is 0 Å². The van der Waals surface area contributed by atoms with Crippen LogP contribution in [0.4, 0.5) is 0 Å². The molecule has 102 valence electrons. The van der Waals surface area contributed by atoms with Crippen LogP contribution in [0, 0.1) is 5.92 Å². The molecule has 0 bridgehead atoms. The van der Waals surface area contributed by atoms with Crippen molar-refractivity contribution >= 4 is 15.9 Å². The summed E-state index contributed by atoms with van der Waals surface area (Å²) >= 11 is 3.66. The van der Waals surface area contributed by atoms with Gasteiger partial charge in [0.1, 0.15) is 0 Å². The van der Waals surface area contributed by atoms with E-state index in [0.717, 1.165) is 17.3 Å². The minimum absolute atomic E-state index is 0.808. The maximum Gasteiger partial charge on any atom is 0.0235 e. The third kappa shape index (κ3) is 4.88. The Morgan fingerprint density at radius 3 is 2.53 bits per heavy atom. The molecule has 1 aliphatic rings. The molecule has 0 saturated carbocycles. The first-order valence-electron chi connectivity index (χ1n) is 7.27. The van der Waals surface area contributed by atoms with Crippen molar-refractivity contribution < 1.29 is 0 Å². The van der Waals surface area contributed by atoms with Gasteiger partial charge in [0, 0.05) is 24.5 Å². The summed E-state index contributed by atoms with van der Waals surface area (Å²) in [6, 6.07) is 0.808. The van der Waals surface area contributed by atoms with Gasteiger partial charge in [0.2, 0.25) is 0 Å². The van der Waals surface area contributed by atoms with Gasteiger partial charge >= 0.3 is 0 Å². The molecule has 0 N–H and O–H groups in total. The summed E-state index contributed by atoms with van der Waals surface area (Å²) in [7, 11) is 0. The normalized spacial score (nSPS) is 23.5. The van der Waals surface area contributed by atoms with E-state index in [9.17, 15) is 0 Å². The number of halogens is 1. The molecule has 1 rings (SSSR count). The van der Waals surface area contributed by atoms with Gasteiger partial charge in [-0.1, -0.05) is 43.1 Å². The molecule has 2 nitrogen and oxygen atoms in total. The van der Waals surface area contributed by atoms with Crippen LogP contribution in [0.1, 0.15) is 40.0 Å². The Balaban J connectivity index is 2.33. The van der Waals surface area contributed by atoms with Gasteiger partial charge in [-0.25, -0.2) is 0 Å². The van der Waals surface area contributed by atoms with Gasteiger partial charge < -0.3 is 4.90 Å². The molecule has 1 aliphatic heterocycles. The van der Waals surface area contributed by atoms with Gasteiger partial charge in [-0.2, -0.15) is 0 Å². The van der Waals surface area contributed by atoms with E-state index < -0.39 is 0 Å². The molecule has 17 heavy (non-hydrogen) atoms. The molecule has 3 heteroatoms. The second-order valence-electron chi connectivity index (χ2n) is 5.23. The fourth-order valence-electron chi connectivity index (χ4n) is 3.01. The fraction of sp³-hybridized carbons (Fsp3) is 1.00. The molecular formula is C14H29BrN2. The molecule has 0 amide bonds. The molecule has 0 aromatic rings. The lowest BCUT2D eigenvalue weighted by molar-refractivity contribution is 0.202. The van der Waals surface area contributed by atoms with E-state index in [1.165, 1.54) is 52.0 Å². The molecule has 1 heterocycles. The number of likely N-dealkylation sites (tertiary alicyclic amines) is 1. The maximum absolute atomic E-state index is 3.66. The van der Waals surface area contributed by atoms with Crippen molar-refractivity contribution in [3.8, 4) is 0 Å². The molecule has 2 atom stereocenters. The van der Waals surface area contributed by atoms with E-state index in [2.05, 4.69) is 46.5 Å². The van der Waals surface area contributed by atoms with Gasteiger partial charge in [0.25, 0.3) is 0 Å². The van der Waals surface area contributed by atoms with Crippen LogP contribution in [0.2, 0.25) is 0 Å². The Morgan fingerprint density at radius 2 is 2.00 bits per heavy atom. The third-order valence-electron chi connectivity index (χ3n) is 4.01. The van der Waals surface area contributed by atoms with Crippen molar-refractivity contribution in [2.75, 3.05) is 38.1 Å². The zero-order valence-electron chi connectivity index (χ0n) is 11.8. The summed E-state index contributed by atoms with van der Waals surface area (Å²) in [6.45, 7) is 13.1. The molecule has 1 saturated heterocycles. The van der Waals surface area contributed by atoms with Crippen molar-refractivity contribution in [3.05, 3.63) is 0 Å². The first-order chi connectivity index (χ1) is 8.24. The van der Waals surface area contributed by atoms with Crippen LogP contribution >= 0.6 is 15.9 Å². The van der Waals surface area contributed by atoms with Gasteiger partial charge in [-0.15, -0.1) is 0 Å². The van der Waals surface area contributed by atoms with Gasteiger partial charge in [-0.3, -0.25) is 4.90 Å².